The zero-order valence-electron chi connectivity index (χ0n) is 19.2. The van der Waals surface area contributed by atoms with Crippen molar-refractivity contribution in [1.29, 1.82) is 0 Å². The highest BCUT2D eigenvalue weighted by Crippen LogP contribution is 2.38. The molecule has 0 aliphatic heterocycles. The minimum atomic E-state index is -4.42. The number of azo groups is 2. The van der Waals surface area contributed by atoms with Crippen molar-refractivity contribution >= 4 is 60.1 Å². The molecule has 0 bridgehead atoms. The van der Waals surface area contributed by atoms with E-state index in [2.05, 4.69) is 20.5 Å². The van der Waals surface area contributed by atoms with Gasteiger partial charge in [-0.2, -0.15) is 13.5 Å². The fourth-order valence-corrected chi connectivity index (χ4v) is 4.55. The van der Waals surface area contributed by atoms with Crippen molar-refractivity contribution in [1.82, 2.24) is 0 Å². The lowest BCUT2D eigenvalue weighted by molar-refractivity contribution is 0.483. The SMILES string of the molecule is Cc1cccc2c(N=Nc3ccc(N=Nc4ccccc4)c4ccc(S(=O)(=O)O)cc34)ccc(N)c12. The number of hydrogen-bond acceptors (Lipinski definition) is 7. The minimum Gasteiger partial charge on any atom is -0.398 e. The first-order valence-corrected chi connectivity index (χ1v) is 12.5. The molecule has 0 aromatic heterocycles. The molecule has 0 heterocycles. The topological polar surface area (TPSA) is 130 Å². The highest BCUT2D eigenvalue weighted by atomic mass is 32.2. The number of anilines is 1. The van der Waals surface area contributed by atoms with E-state index in [0.717, 1.165) is 16.3 Å². The second-order valence-corrected chi connectivity index (χ2v) is 9.61. The Labute approximate surface area is 207 Å². The summed E-state index contributed by atoms with van der Waals surface area (Å²) in [7, 11) is -4.42. The molecular weight excluding hydrogens is 474 g/mol. The maximum atomic E-state index is 11.8. The summed E-state index contributed by atoms with van der Waals surface area (Å²) >= 11 is 0. The van der Waals surface area contributed by atoms with E-state index in [9.17, 15) is 13.0 Å². The molecule has 0 saturated carbocycles. The molecule has 5 rings (SSSR count). The van der Waals surface area contributed by atoms with E-state index in [1.807, 2.05) is 55.5 Å². The quantitative estimate of drug-likeness (QED) is 0.145. The summed E-state index contributed by atoms with van der Waals surface area (Å²) in [5, 5.41) is 20.3. The van der Waals surface area contributed by atoms with Crippen LogP contribution in [0.1, 0.15) is 5.56 Å². The molecule has 5 aromatic rings. The van der Waals surface area contributed by atoms with Crippen molar-refractivity contribution in [2.75, 3.05) is 5.73 Å². The highest BCUT2D eigenvalue weighted by Gasteiger charge is 2.14. The Morgan fingerprint density at radius 3 is 2.03 bits per heavy atom. The Bertz CT molecular complexity index is 1770. The maximum Gasteiger partial charge on any atom is 0.294 e. The molecule has 0 atom stereocenters. The lowest BCUT2D eigenvalue weighted by Crippen LogP contribution is -1.97. The predicted molar refractivity (Wildman–Crippen MR) is 142 cm³/mol. The fourth-order valence-electron chi connectivity index (χ4n) is 4.04. The van der Waals surface area contributed by atoms with Crippen LogP contribution in [0.3, 0.4) is 0 Å². The van der Waals surface area contributed by atoms with Gasteiger partial charge in [0, 0.05) is 27.2 Å². The van der Waals surface area contributed by atoms with E-state index >= 15 is 0 Å². The zero-order valence-corrected chi connectivity index (χ0v) is 20.0. The van der Waals surface area contributed by atoms with Crippen LogP contribution in [-0.4, -0.2) is 13.0 Å². The molecule has 0 fully saturated rings. The fraction of sp³-hybridized carbons (Fsp3) is 0.0370. The molecule has 0 unspecified atom stereocenters. The molecule has 8 nitrogen and oxygen atoms in total. The molecule has 178 valence electrons. The second kappa shape index (κ2) is 9.29. The van der Waals surface area contributed by atoms with Crippen LogP contribution in [0.15, 0.2) is 116 Å². The smallest absolute Gasteiger partial charge is 0.294 e. The molecule has 0 radical (unpaired) electrons. The van der Waals surface area contributed by atoms with Gasteiger partial charge in [0.25, 0.3) is 10.1 Å². The van der Waals surface area contributed by atoms with Gasteiger partial charge in [0.05, 0.1) is 27.6 Å². The Kier molecular flexibility index (Phi) is 6.01. The van der Waals surface area contributed by atoms with Crippen LogP contribution in [-0.2, 0) is 10.1 Å². The van der Waals surface area contributed by atoms with Crippen molar-refractivity contribution in [2.24, 2.45) is 20.5 Å². The van der Waals surface area contributed by atoms with Gasteiger partial charge >= 0.3 is 0 Å². The molecular formula is C27H21N5O3S. The van der Waals surface area contributed by atoms with Gasteiger partial charge in [0.15, 0.2) is 0 Å². The third-order valence-electron chi connectivity index (χ3n) is 5.79. The Balaban J connectivity index is 1.65. The van der Waals surface area contributed by atoms with E-state index in [1.165, 1.54) is 12.1 Å². The molecule has 0 amide bonds. The summed E-state index contributed by atoms with van der Waals surface area (Å²) in [5.41, 5.74) is 10.1. The van der Waals surface area contributed by atoms with Crippen molar-refractivity contribution < 1.29 is 13.0 Å². The number of nitrogens with zero attached hydrogens (tertiary/aromatic N) is 4. The number of nitrogens with two attached hydrogens (primary N) is 1. The number of rotatable bonds is 5. The third-order valence-corrected chi connectivity index (χ3v) is 6.64. The summed E-state index contributed by atoms with van der Waals surface area (Å²) in [6, 6.07) is 26.3. The number of nitrogen functional groups attached to an aromatic ring is 1. The van der Waals surface area contributed by atoms with Crippen LogP contribution in [0.25, 0.3) is 21.5 Å². The van der Waals surface area contributed by atoms with Gasteiger partial charge in [0.1, 0.15) is 0 Å². The van der Waals surface area contributed by atoms with E-state index in [4.69, 9.17) is 5.73 Å². The van der Waals surface area contributed by atoms with E-state index in [1.54, 1.807) is 30.3 Å². The van der Waals surface area contributed by atoms with Gasteiger partial charge in [-0.05, 0) is 61.0 Å². The van der Waals surface area contributed by atoms with Gasteiger partial charge in [0.2, 0.25) is 0 Å². The third kappa shape index (κ3) is 4.57. The van der Waals surface area contributed by atoms with Gasteiger partial charge < -0.3 is 5.73 Å². The summed E-state index contributed by atoms with van der Waals surface area (Å²) in [4.78, 5) is -0.253. The van der Waals surface area contributed by atoms with Crippen LogP contribution in [0.2, 0.25) is 0 Å². The first-order valence-electron chi connectivity index (χ1n) is 11.0. The van der Waals surface area contributed by atoms with Crippen molar-refractivity contribution in [2.45, 2.75) is 11.8 Å². The molecule has 0 aliphatic rings. The lowest BCUT2D eigenvalue weighted by atomic mass is 10.0. The largest absolute Gasteiger partial charge is 0.398 e. The van der Waals surface area contributed by atoms with Crippen LogP contribution in [0.4, 0.5) is 28.4 Å². The number of hydrogen-bond donors (Lipinski definition) is 2. The molecule has 3 N–H and O–H groups in total. The van der Waals surface area contributed by atoms with E-state index in [-0.39, 0.29) is 4.90 Å². The van der Waals surface area contributed by atoms with Crippen LogP contribution >= 0.6 is 0 Å². The average Bonchev–Trinajstić information content (AvgIpc) is 2.87. The van der Waals surface area contributed by atoms with Crippen LogP contribution in [0.5, 0.6) is 0 Å². The summed E-state index contributed by atoms with van der Waals surface area (Å²) in [6.45, 7) is 1.98. The van der Waals surface area contributed by atoms with Gasteiger partial charge in [-0.15, -0.1) is 15.3 Å². The van der Waals surface area contributed by atoms with E-state index < -0.39 is 10.1 Å². The average molecular weight is 496 g/mol. The minimum absolute atomic E-state index is 0.253. The van der Waals surface area contributed by atoms with Gasteiger partial charge in [-0.25, -0.2) is 0 Å². The zero-order chi connectivity index (χ0) is 25.3. The highest BCUT2D eigenvalue weighted by molar-refractivity contribution is 7.85. The maximum absolute atomic E-state index is 11.8. The normalized spacial score (nSPS) is 12.3. The first-order chi connectivity index (χ1) is 17.3. The Morgan fingerprint density at radius 2 is 1.31 bits per heavy atom. The Morgan fingerprint density at radius 1 is 0.667 bits per heavy atom. The Hall–Kier alpha value is -4.47. The number of benzene rings is 5. The predicted octanol–water partition coefficient (Wildman–Crippen LogP) is 7.96. The van der Waals surface area contributed by atoms with Crippen molar-refractivity contribution in [3.05, 3.63) is 96.6 Å². The summed E-state index contributed by atoms with van der Waals surface area (Å²) in [6.07, 6.45) is 0. The van der Waals surface area contributed by atoms with Gasteiger partial charge in [-0.3, -0.25) is 4.55 Å². The van der Waals surface area contributed by atoms with Crippen molar-refractivity contribution in [3.63, 3.8) is 0 Å². The van der Waals surface area contributed by atoms with Crippen molar-refractivity contribution in [3.8, 4) is 0 Å². The number of fused-ring (bicyclic) bond motifs is 2. The lowest BCUT2D eigenvalue weighted by Gasteiger charge is -2.08. The van der Waals surface area contributed by atoms with Crippen LogP contribution < -0.4 is 5.73 Å². The summed E-state index contributed by atoms with van der Waals surface area (Å²) in [5.74, 6) is 0. The van der Waals surface area contributed by atoms with Gasteiger partial charge in [-0.1, -0.05) is 42.5 Å². The molecule has 0 aliphatic carbocycles. The van der Waals surface area contributed by atoms with Crippen LogP contribution in [0, 0.1) is 6.92 Å². The molecule has 9 heteroatoms. The molecule has 36 heavy (non-hydrogen) atoms. The molecule has 0 saturated heterocycles. The monoisotopic (exact) mass is 495 g/mol. The number of aryl methyl sites for hydroxylation is 1. The van der Waals surface area contributed by atoms with E-state index in [0.29, 0.717) is 39.2 Å². The first kappa shape index (κ1) is 23.3. The molecule has 5 aromatic carbocycles. The standard InChI is InChI=1S/C27H21N5O3S/c1-17-6-5-9-21-25(13-12-23(28)27(17)21)31-32-26-15-14-24(30-29-18-7-3-2-4-8-18)20-11-10-19(16-22(20)26)36(33,34)35/h2-16H,28H2,1H3,(H,33,34,35). The second-order valence-electron chi connectivity index (χ2n) is 8.19. The summed E-state index contributed by atoms with van der Waals surface area (Å²) < 4.78 is 33.2. The molecule has 0 spiro atoms.